The molecule has 0 aliphatic heterocycles. The average Bonchev–Trinajstić information content (AvgIpc) is 2.81. The standard InChI is InChI=1S/C13H17N3O2/c1-16-7-6-14-13(16)9-15-11-8-10(17-2)4-5-12(11)18-3/h4-8,15H,9H2,1-3H3. The molecular formula is C13H17N3O2. The Morgan fingerprint density at radius 1 is 1.28 bits per heavy atom. The second-order valence-electron chi connectivity index (χ2n) is 3.87. The molecule has 1 aromatic heterocycles. The zero-order valence-corrected chi connectivity index (χ0v) is 10.8. The smallest absolute Gasteiger partial charge is 0.142 e. The molecule has 0 aliphatic rings. The Morgan fingerprint density at radius 3 is 2.72 bits per heavy atom. The number of aryl methyl sites for hydroxylation is 1. The highest BCUT2D eigenvalue weighted by atomic mass is 16.5. The van der Waals surface area contributed by atoms with Crippen molar-refractivity contribution in [3.63, 3.8) is 0 Å². The van der Waals surface area contributed by atoms with Crippen molar-refractivity contribution < 1.29 is 9.47 Å². The van der Waals surface area contributed by atoms with E-state index < -0.39 is 0 Å². The maximum Gasteiger partial charge on any atom is 0.142 e. The fraction of sp³-hybridized carbons (Fsp3) is 0.308. The molecule has 0 unspecified atom stereocenters. The van der Waals surface area contributed by atoms with Gasteiger partial charge in [0.15, 0.2) is 0 Å². The summed E-state index contributed by atoms with van der Waals surface area (Å²) in [6.45, 7) is 0.632. The third-order valence-electron chi connectivity index (χ3n) is 2.76. The van der Waals surface area contributed by atoms with E-state index in [2.05, 4.69) is 10.3 Å². The van der Waals surface area contributed by atoms with E-state index in [0.717, 1.165) is 23.0 Å². The van der Waals surface area contributed by atoms with E-state index in [-0.39, 0.29) is 0 Å². The number of nitrogens with zero attached hydrogens (tertiary/aromatic N) is 2. The van der Waals surface area contributed by atoms with Crippen LogP contribution >= 0.6 is 0 Å². The monoisotopic (exact) mass is 247 g/mol. The summed E-state index contributed by atoms with van der Waals surface area (Å²) in [4.78, 5) is 4.26. The van der Waals surface area contributed by atoms with Gasteiger partial charge in [0, 0.05) is 25.5 Å². The molecule has 96 valence electrons. The molecule has 0 bridgehead atoms. The molecule has 0 atom stereocenters. The van der Waals surface area contributed by atoms with Crippen LogP contribution in [0.15, 0.2) is 30.6 Å². The molecule has 0 amide bonds. The molecule has 5 heteroatoms. The first-order valence-electron chi connectivity index (χ1n) is 5.66. The minimum atomic E-state index is 0.632. The fourth-order valence-electron chi connectivity index (χ4n) is 1.69. The Morgan fingerprint density at radius 2 is 2.11 bits per heavy atom. The summed E-state index contributed by atoms with van der Waals surface area (Å²) < 4.78 is 12.5. The second kappa shape index (κ2) is 5.44. The number of hydrogen-bond acceptors (Lipinski definition) is 4. The number of nitrogens with one attached hydrogen (secondary N) is 1. The van der Waals surface area contributed by atoms with Crippen LogP contribution < -0.4 is 14.8 Å². The van der Waals surface area contributed by atoms with Gasteiger partial charge in [0.1, 0.15) is 17.3 Å². The topological polar surface area (TPSA) is 48.3 Å². The molecular weight excluding hydrogens is 230 g/mol. The summed E-state index contributed by atoms with van der Waals surface area (Å²) in [6, 6.07) is 5.64. The third kappa shape index (κ3) is 2.56. The Hall–Kier alpha value is -2.17. The van der Waals surface area contributed by atoms with E-state index >= 15 is 0 Å². The molecule has 2 rings (SSSR count). The lowest BCUT2D eigenvalue weighted by atomic mass is 10.2. The van der Waals surface area contributed by atoms with Crippen LogP contribution in [0, 0.1) is 0 Å². The van der Waals surface area contributed by atoms with Gasteiger partial charge in [-0.2, -0.15) is 0 Å². The first kappa shape index (κ1) is 12.3. The molecule has 5 nitrogen and oxygen atoms in total. The van der Waals surface area contributed by atoms with Crippen LogP contribution in [0.3, 0.4) is 0 Å². The van der Waals surface area contributed by atoms with Crippen molar-refractivity contribution in [3.05, 3.63) is 36.4 Å². The van der Waals surface area contributed by atoms with Crippen LogP contribution in [0.1, 0.15) is 5.82 Å². The number of hydrogen-bond donors (Lipinski definition) is 1. The summed E-state index contributed by atoms with van der Waals surface area (Å²) in [5, 5.41) is 3.29. The first-order valence-corrected chi connectivity index (χ1v) is 5.66. The van der Waals surface area contributed by atoms with Crippen molar-refractivity contribution in [2.45, 2.75) is 6.54 Å². The van der Waals surface area contributed by atoms with Crippen LogP contribution in [0.4, 0.5) is 5.69 Å². The van der Waals surface area contributed by atoms with Gasteiger partial charge in [-0.25, -0.2) is 4.98 Å². The quantitative estimate of drug-likeness (QED) is 0.878. The molecule has 0 saturated heterocycles. The molecule has 0 saturated carbocycles. The Kier molecular flexibility index (Phi) is 3.72. The largest absolute Gasteiger partial charge is 0.497 e. The van der Waals surface area contributed by atoms with Crippen LogP contribution in [-0.4, -0.2) is 23.8 Å². The SMILES string of the molecule is COc1ccc(OC)c(NCc2nccn2C)c1. The minimum absolute atomic E-state index is 0.632. The van der Waals surface area contributed by atoms with Crippen LogP contribution in [0.5, 0.6) is 11.5 Å². The lowest BCUT2D eigenvalue weighted by Crippen LogP contribution is -2.06. The lowest BCUT2D eigenvalue weighted by molar-refractivity contribution is 0.404. The highest BCUT2D eigenvalue weighted by molar-refractivity contribution is 5.59. The normalized spacial score (nSPS) is 10.2. The maximum atomic E-state index is 5.30. The van der Waals surface area contributed by atoms with Gasteiger partial charge in [0.25, 0.3) is 0 Å². The molecule has 0 fully saturated rings. The number of imidazole rings is 1. The Balaban J connectivity index is 2.14. The van der Waals surface area contributed by atoms with Gasteiger partial charge in [-0.15, -0.1) is 0 Å². The van der Waals surface area contributed by atoms with Gasteiger partial charge in [0.05, 0.1) is 26.5 Å². The van der Waals surface area contributed by atoms with Crippen molar-refractivity contribution in [2.75, 3.05) is 19.5 Å². The number of methoxy groups -OCH3 is 2. The number of ether oxygens (including phenoxy) is 2. The molecule has 1 N–H and O–H groups in total. The average molecular weight is 247 g/mol. The Bertz CT molecular complexity index is 523. The highest BCUT2D eigenvalue weighted by Gasteiger charge is 2.06. The van der Waals surface area contributed by atoms with Crippen LogP contribution in [-0.2, 0) is 13.6 Å². The molecule has 18 heavy (non-hydrogen) atoms. The predicted molar refractivity (Wildman–Crippen MR) is 70.1 cm³/mol. The van der Waals surface area contributed by atoms with Gasteiger partial charge in [-0.05, 0) is 12.1 Å². The van der Waals surface area contributed by atoms with E-state index in [1.807, 2.05) is 36.0 Å². The highest BCUT2D eigenvalue weighted by Crippen LogP contribution is 2.29. The van der Waals surface area contributed by atoms with Crippen LogP contribution in [0.2, 0.25) is 0 Å². The Labute approximate surface area is 106 Å². The van der Waals surface area contributed by atoms with Crippen molar-refractivity contribution >= 4 is 5.69 Å². The van der Waals surface area contributed by atoms with Gasteiger partial charge in [0.2, 0.25) is 0 Å². The van der Waals surface area contributed by atoms with E-state index in [1.54, 1.807) is 20.4 Å². The molecule has 1 heterocycles. The molecule has 0 radical (unpaired) electrons. The van der Waals surface area contributed by atoms with Gasteiger partial charge < -0.3 is 19.4 Å². The third-order valence-corrected chi connectivity index (χ3v) is 2.76. The van der Waals surface area contributed by atoms with E-state index in [0.29, 0.717) is 6.54 Å². The summed E-state index contributed by atoms with van der Waals surface area (Å²) in [6.07, 6.45) is 3.69. The number of aromatic nitrogens is 2. The van der Waals surface area contributed by atoms with Crippen molar-refractivity contribution in [1.82, 2.24) is 9.55 Å². The van der Waals surface area contributed by atoms with Crippen LogP contribution in [0.25, 0.3) is 0 Å². The van der Waals surface area contributed by atoms with Crippen molar-refractivity contribution in [3.8, 4) is 11.5 Å². The zero-order valence-electron chi connectivity index (χ0n) is 10.8. The number of rotatable bonds is 5. The molecule has 0 aliphatic carbocycles. The second-order valence-corrected chi connectivity index (χ2v) is 3.87. The van der Waals surface area contributed by atoms with E-state index in [4.69, 9.17) is 9.47 Å². The number of benzene rings is 1. The maximum absolute atomic E-state index is 5.30. The summed E-state index contributed by atoms with van der Waals surface area (Å²) >= 11 is 0. The van der Waals surface area contributed by atoms with Gasteiger partial charge in [-0.1, -0.05) is 0 Å². The first-order chi connectivity index (χ1) is 8.74. The lowest BCUT2D eigenvalue weighted by Gasteiger charge is -2.12. The molecule has 2 aromatic rings. The molecule has 0 spiro atoms. The summed E-state index contributed by atoms with van der Waals surface area (Å²) in [5.41, 5.74) is 0.889. The van der Waals surface area contributed by atoms with Gasteiger partial charge >= 0.3 is 0 Å². The van der Waals surface area contributed by atoms with Gasteiger partial charge in [-0.3, -0.25) is 0 Å². The van der Waals surface area contributed by atoms with Crippen molar-refractivity contribution in [1.29, 1.82) is 0 Å². The molecule has 1 aromatic carbocycles. The van der Waals surface area contributed by atoms with Crippen molar-refractivity contribution in [2.24, 2.45) is 7.05 Å². The predicted octanol–water partition coefficient (Wildman–Crippen LogP) is 2.05. The fourth-order valence-corrected chi connectivity index (χ4v) is 1.69. The summed E-state index contributed by atoms with van der Waals surface area (Å²) in [5.74, 6) is 2.53. The van der Waals surface area contributed by atoms with E-state index in [9.17, 15) is 0 Å². The zero-order chi connectivity index (χ0) is 13.0. The van der Waals surface area contributed by atoms with E-state index in [1.165, 1.54) is 0 Å². The minimum Gasteiger partial charge on any atom is -0.497 e. The summed E-state index contributed by atoms with van der Waals surface area (Å²) in [7, 11) is 5.25. The number of anilines is 1.